The molecule has 4 bridgehead atoms. The van der Waals surface area contributed by atoms with Gasteiger partial charge in [0.25, 0.3) is 10.1 Å². The molecule has 210 valence electrons. The fraction of sp³-hybridized carbons (Fsp3) is 0.667. The van der Waals surface area contributed by atoms with Crippen LogP contribution in [0.1, 0.15) is 121 Å². The SMILES string of the molecule is CCCCCCCCCCCCc1ccccc1S(=O)(=O)O.c1ccc(C23CC4CC(CC(C4)C2)C3)nc1. The Balaban J connectivity index is 0.000000184. The number of unbranched alkanes of at least 4 members (excludes halogenated alkanes) is 9. The largest absolute Gasteiger partial charge is 0.294 e. The first kappa shape index (κ1) is 29.3. The molecular formula is C33H49NO3S. The van der Waals surface area contributed by atoms with Crippen LogP contribution in [0.25, 0.3) is 0 Å². The van der Waals surface area contributed by atoms with E-state index >= 15 is 0 Å². The summed E-state index contributed by atoms with van der Waals surface area (Å²) >= 11 is 0. The first-order valence-corrected chi connectivity index (χ1v) is 16.8. The van der Waals surface area contributed by atoms with Crippen molar-refractivity contribution in [2.45, 2.75) is 126 Å². The third-order valence-corrected chi connectivity index (χ3v) is 10.3. The fourth-order valence-corrected chi connectivity index (χ4v) is 8.62. The van der Waals surface area contributed by atoms with Gasteiger partial charge in [-0.05, 0) is 92.9 Å². The van der Waals surface area contributed by atoms with E-state index in [1.807, 2.05) is 18.3 Å². The molecule has 4 fully saturated rings. The minimum atomic E-state index is -4.10. The van der Waals surface area contributed by atoms with Crippen LogP contribution in [0.5, 0.6) is 0 Å². The molecule has 0 unspecified atom stereocenters. The molecule has 0 radical (unpaired) electrons. The van der Waals surface area contributed by atoms with Gasteiger partial charge in [0.15, 0.2) is 0 Å². The first-order chi connectivity index (χ1) is 18.4. The molecule has 4 aliphatic carbocycles. The Kier molecular flexibility index (Phi) is 10.8. The Morgan fingerprint density at radius 3 is 1.82 bits per heavy atom. The molecule has 4 saturated carbocycles. The number of aryl methyl sites for hydroxylation is 1. The Hall–Kier alpha value is -1.72. The third-order valence-electron chi connectivity index (χ3n) is 9.30. The van der Waals surface area contributed by atoms with Crippen molar-refractivity contribution in [2.24, 2.45) is 17.8 Å². The van der Waals surface area contributed by atoms with Gasteiger partial charge >= 0.3 is 0 Å². The van der Waals surface area contributed by atoms with Crippen molar-refractivity contribution < 1.29 is 13.0 Å². The van der Waals surface area contributed by atoms with Crippen LogP contribution in [0.15, 0.2) is 53.6 Å². The van der Waals surface area contributed by atoms with E-state index < -0.39 is 10.1 Å². The lowest BCUT2D eigenvalue weighted by atomic mass is 9.49. The Morgan fingerprint density at radius 1 is 0.763 bits per heavy atom. The van der Waals surface area contributed by atoms with E-state index in [-0.39, 0.29) is 4.90 Å². The molecule has 5 heteroatoms. The van der Waals surface area contributed by atoms with Gasteiger partial charge in [0.1, 0.15) is 0 Å². The van der Waals surface area contributed by atoms with Crippen molar-refractivity contribution >= 4 is 10.1 Å². The highest BCUT2D eigenvalue weighted by Crippen LogP contribution is 2.60. The molecule has 0 spiro atoms. The molecule has 0 aliphatic heterocycles. The zero-order valence-corrected chi connectivity index (χ0v) is 24.3. The maximum Gasteiger partial charge on any atom is 0.294 e. The second kappa shape index (κ2) is 14.1. The van der Waals surface area contributed by atoms with Crippen molar-refractivity contribution in [2.75, 3.05) is 0 Å². The number of aromatic nitrogens is 1. The number of rotatable bonds is 13. The average molecular weight is 540 g/mol. The maximum absolute atomic E-state index is 11.3. The lowest BCUT2D eigenvalue weighted by Crippen LogP contribution is -2.48. The van der Waals surface area contributed by atoms with Gasteiger partial charge in [0.2, 0.25) is 0 Å². The highest BCUT2D eigenvalue weighted by atomic mass is 32.2. The van der Waals surface area contributed by atoms with Gasteiger partial charge in [-0.1, -0.05) is 89.0 Å². The van der Waals surface area contributed by atoms with E-state index in [0.717, 1.165) is 36.2 Å². The minimum absolute atomic E-state index is 0.0610. The zero-order chi connectivity index (χ0) is 26.8. The molecule has 1 heterocycles. The average Bonchev–Trinajstić information content (AvgIpc) is 2.90. The smallest absolute Gasteiger partial charge is 0.282 e. The summed E-state index contributed by atoms with van der Waals surface area (Å²) in [6, 6.07) is 13.2. The summed E-state index contributed by atoms with van der Waals surface area (Å²) in [7, 11) is -4.10. The van der Waals surface area contributed by atoms with E-state index in [9.17, 15) is 13.0 Å². The maximum atomic E-state index is 11.3. The highest BCUT2D eigenvalue weighted by molar-refractivity contribution is 7.85. The monoisotopic (exact) mass is 539 g/mol. The van der Waals surface area contributed by atoms with Crippen LogP contribution in [0.3, 0.4) is 0 Å². The van der Waals surface area contributed by atoms with Crippen molar-refractivity contribution in [3.8, 4) is 0 Å². The topological polar surface area (TPSA) is 67.3 Å². The predicted octanol–water partition coefficient (Wildman–Crippen LogP) is 8.95. The molecule has 2 aromatic rings. The number of hydrogen-bond acceptors (Lipinski definition) is 3. The van der Waals surface area contributed by atoms with Gasteiger partial charge in [-0.3, -0.25) is 9.54 Å². The molecule has 1 aromatic heterocycles. The summed E-state index contributed by atoms with van der Waals surface area (Å²) in [6.45, 7) is 2.24. The van der Waals surface area contributed by atoms with Gasteiger partial charge in [-0.15, -0.1) is 0 Å². The van der Waals surface area contributed by atoms with Gasteiger partial charge in [-0.25, -0.2) is 0 Å². The van der Waals surface area contributed by atoms with E-state index in [2.05, 4.69) is 24.0 Å². The third kappa shape index (κ3) is 8.14. The van der Waals surface area contributed by atoms with Crippen molar-refractivity contribution in [1.82, 2.24) is 4.98 Å². The zero-order valence-electron chi connectivity index (χ0n) is 23.5. The second-order valence-electron chi connectivity index (χ2n) is 12.4. The van der Waals surface area contributed by atoms with E-state index in [1.54, 1.807) is 12.1 Å². The molecular weight excluding hydrogens is 490 g/mol. The Labute approximate surface area is 231 Å². The normalized spacial score (nSPS) is 25.7. The van der Waals surface area contributed by atoms with Crippen LogP contribution in [0.4, 0.5) is 0 Å². The Bertz CT molecular complexity index is 1050. The van der Waals surface area contributed by atoms with E-state index in [4.69, 9.17) is 0 Å². The number of nitrogens with zero attached hydrogens (tertiary/aromatic N) is 1. The number of benzene rings is 1. The lowest BCUT2D eigenvalue weighted by Gasteiger charge is -2.56. The summed E-state index contributed by atoms with van der Waals surface area (Å²) in [5.74, 6) is 3.06. The Morgan fingerprint density at radius 2 is 1.29 bits per heavy atom. The van der Waals surface area contributed by atoms with Gasteiger partial charge < -0.3 is 0 Å². The standard InChI is InChI=1S/C18H30O3S.C15H19N/c1-2-3-4-5-6-7-8-9-10-11-14-17-15-12-13-16-18(17)22(19,20)21;1-2-4-16-14(3-1)15-8-11-5-12(9-15)7-13(6-11)10-15/h12-13,15-16H,2-11,14H2,1H3,(H,19,20,21);1-4,11-13H,5-10H2. The summed E-state index contributed by atoms with van der Waals surface area (Å²) in [4.78, 5) is 4.73. The lowest BCUT2D eigenvalue weighted by molar-refractivity contribution is -0.00719. The number of pyridine rings is 1. The number of hydrogen-bond donors (Lipinski definition) is 1. The first-order valence-electron chi connectivity index (χ1n) is 15.4. The van der Waals surface area contributed by atoms with Crippen LogP contribution >= 0.6 is 0 Å². The summed E-state index contributed by atoms with van der Waals surface area (Å²) < 4.78 is 31.8. The quantitative estimate of drug-likeness (QED) is 0.204. The van der Waals surface area contributed by atoms with Crippen LogP contribution in [0, 0.1) is 17.8 Å². The van der Waals surface area contributed by atoms with Crippen LogP contribution < -0.4 is 0 Å². The molecule has 4 aliphatic rings. The van der Waals surface area contributed by atoms with Crippen LogP contribution in [-0.4, -0.2) is 18.0 Å². The molecule has 4 nitrogen and oxygen atoms in total. The van der Waals surface area contributed by atoms with E-state index in [0.29, 0.717) is 11.8 Å². The van der Waals surface area contributed by atoms with Crippen molar-refractivity contribution in [1.29, 1.82) is 0 Å². The van der Waals surface area contributed by atoms with Gasteiger partial charge in [0, 0.05) is 17.3 Å². The van der Waals surface area contributed by atoms with Gasteiger partial charge in [-0.2, -0.15) is 8.42 Å². The highest BCUT2D eigenvalue weighted by Gasteiger charge is 2.52. The van der Waals surface area contributed by atoms with Crippen molar-refractivity contribution in [3.63, 3.8) is 0 Å². The fourth-order valence-electron chi connectivity index (χ4n) is 7.87. The molecule has 1 aromatic carbocycles. The summed E-state index contributed by atoms with van der Waals surface area (Å²) in [6.07, 6.45) is 24.1. The molecule has 0 amide bonds. The predicted molar refractivity (Wildman–Crippen MR) is 156 cm³/mol. The van der Waals surface area contributed by atoms with Gasteiger partial charge in [0.05, 0.1) is 4.90 Å². The minimum Gasteiger partial charge on any atom is -0.282 e. The summed E-state index contributed by atoms with van der Waals surface area (Å²) in [5, 5.41) is 0. The van der Waals surface area contributed by atoms with E-state index in [1.165, 1.54) is 102 Å². The second-order valence-corrected chi connectivity index (χ2v) is 13.8. The molecule has 6 rings (SSSR count). The molecule has 1 N–H and O–H groups in total. The molecule has 0 saturated heterocycles. The summed E-state index contributed by atoms with van der Waals surface area (Å²) in [5.41, 5.74) is 2.61. The van der Waals surface area contributed by atoms with Crippen LogP contribution in [0.2, 0.25) is 0 Å². The molecule has 38 heavy (non-hydrogen) atoms. The van der Waals surface area contributed by atoms with Crippen molar-refractivity contribution in [3.05, 3.63) is 59.9 Å². The molecule has 0 atom stereocenters. The van der Waals surface area contributed by atoms with Crippen LogP contribution in [-0.2, 0) is 22.0 Å².